The van der Waals surface area contributed by atoms with Gasteiger partial charge in [0.05, 0.1) is 11.6 Å². The molecule has 1 saturated carbocycles. The quantitative estimate of drug-likeness (QED) is 0.333. The van der Waals surface area contributed by atoms with Crippen LogP contribution in [0.5, 0.6) is 11.5 Å². The van der Waals surface area contributed by atoms with E-state index in [9.17, 15) is 14.7 Å². The molecule has 1 N–H and O–H groups in total. The van der Waals surface area contributed by atoms with Crippen molar-refractivity contribution in [1.82, 2.24) is 4.90 Å². The van der Waals surface area contributed by atoms with Gasteiger partial charge in [-0.05, 0) is 61.6 Å². The van der Waals surface area contributed by atoms with Gasteiger partial charge in [-0.3, -0.25) is 0 Å². The van der Waals surface area contributed by atoms with Crippen LogP contribution in [0, 0.1) is 5.92 Å². The molecule has 1 atom stereocenters. The Morgan fingerprint density at radius 2 is 1.81 bits per heavy atom. The van der Waals surface area contributed by atoms with Crippen molar-refractivity contribution in [2.75, 3.05) is 26.3 Å². The largest absolute Gasteiger partial charge is 0.492 e. The van der Waals surface area contributed by atoms with E-state index in [2.05, 4.69) is 0 Å². The van der Waals surface area contributed by atoms with Gasteiger partial charge in [0.25, 0.3) is 0 Å². The number of carboxylic acids is 1. The molecule has 0 aromatic heterocycles. The van der Waals surface area contributed by atoms with Crippen LogP contribution in [0.15, 0.2) is 42.5 Å². The number of carboxylic acid groups (broad SMARTS) is 1. The molecule has 1 amide bonds. The Labute approximate surface area is 222 Å². The molecular formula is C27H33Cl2NO6. The van der Waals surface area contributed by atoms with E-state index in [0.29, 0.717) is 36.4 Å². The molecule has 1 fully saturated rings. The molecule has 196 valence electrons. The smallest absolute Gasteiger partial charge is 0.415 e. The fourth-order valence-electron chi connectivity index (χ4n) is 4.28. The van der Waals surface area contributed by atoms with Gasteiger partial charge in [0.2, 0.25) is 0 Å². The number of carbonyl (C=O) groups excluding carboxylic acids is 1. The van der Waals surface area contributed by atoms with Gasteiger partial charge >= 0.3 is 12.1 Å². The third-order valence-electron chi connectivity index (χ3n) is 6.17. The SMILES string of the molecule is CCOC(Cc1ccc(OCCN(CC2CCCCC2)C(=O)Oc2ccc(Cl)cc2Cl)cc1)C(=O)O. The molecule has 2 aromatic rings. The summed E-state index contributed by atoms with van der Waals surface area (Å²) in [6.45, 7) is 3.34. The average molecular weight is 538 g/mol. The highest BCUT2D eigenvalue weighted by atomic mass is 35.5. The van der Waals surface area contributed by atoms with Crippen LogP contribution in [-0.2, 0) is 16.0 Å². The van der Waals surface area contributed by atoms with Gasteiger partial charge in [-0.1, -0.05) is 54.6 Å². The molecule has 0 heterocycles. The van der Waals surface area contributed by atoms with Gasteiger partial charge in [-0.15, -0.1) is 0 Å². The van der Waals surface area contributed by atoms with E-state index < -0.39 is 18.2 Å². The first-order chi connectivity index (χ1) is 17.4. The van der Waals surface area contributed by atoms with Crippen molar-refractivity contribution in [1.29, 1.82) is 0 Å². The fraction of sp³-hybridized carbons (Fsp3) is 0.481. The zero-order valence-electron chi connectivity index (χ0n) is 20.5. The lowest BCUT2D eigenvalue weighted by Gasteiger charge is -2.29. The summed E-state index contributed by atoms with van der Waals surface area (Å²) in [7, 11) is 0. The zero-order valence-corrected chi connectivity index (χ0v) is 22.0. The van der Waals surface area contributed by atoms with E-state index in [4.69, 9.17) is 37.4 Å². The Bertz CT molecular complexity index is 994. The third-order valence-corrected chi connectivity index (χ3v) is 6.70. The molecule has 3 rings (SSSR count). The van der Waals surface area contributed by atoms with Crippen LogP contribution in [0.25, 0.3) is 0 Å². The van der Waals surface area contributed by atoms with Crippen molar-refractivity contribution < 1.29 is 28.9 Å². The van der Waals surface area contributed by atoms with Crippen LogP contribution in [0.4, 0.5) is 4.79 Å². The predicted molar refractivity (Wildman–Crippen MR) is 139 cm³/mol. The summed E-state index contributed by atoms with van der Waals surface area (Å²) in [6, 6.07) is 12.0. The highest BCUT2D eigenvalue weighted by Gasteiger charge is 2.23. The van der Waals surface area contributed by atoms with Crippen LogP contribution in [0.3, 0.4) is 0 Å². The topological polar surface area (TPSA) is 85.3 Å². The van der Waals surface area contributed by atoms with E-state index >= 15 is 0 Å². The summed E-state index contributed by atoms with van der Waals surface area (Å²) >= 11 is 12.1. The molecule has 1 aliphatic rings. The fourth-order valence-corrected chi connectivity index (χ4v) is 4.73. The molecule has 0 bridgehead atoms. The maximum absolute atomic E-state index is 13.0. The second-order valence-corrected chi connectivity index (χ2v) is 9.72. The standard InChI is InChI=1S/C27H33Cl2NO6/c1-2-34-25(26(31)32)16-19-8-11-22(12-9-19)35-15-14-30(18-20-6-4-3-5-7-20)27(33)36-24-13-10-21(28)17-23(24)29/h8-13,17,20,25H,2-7,14-16,18H2,1H3,(H,31,32). The Hall–Kier alpha value is -2.48. The highest BCUT2D eigenvalue weighted by molar-refractivity contribution is 6.35. The van der Waals surface area contributed by atoms with Crippen molar-refractivity contribution >= 4 is 35.3 Å². The molecule has 0 aliphatic heterocycles. The van der Waals surface area contributed by atoms with Gasteiger partial charge < -0.3 is 24.2 Å². The average Bonchev–Trinajstić information content (AvgIpc) is 2.86. The van der Waals surface area contributed by atoms with Crippen LogP contribution in [-0.4, -0.2) is 54.5 Å². The lowest BCUT2D eigenvalue weighted by Crippen LogP contribution is -2.40. The third kappa shape index (κ3) is 8.87. The van der Waals surface area contributed by atoms with Gasteiger partial charge in [0.15, 0.2) is 11.9 Å². The number of benzene rings is 2. The van der Waals surface area contributed by atoms with E-state index in [0.717, 1.165) is 18.4 Å². The minimum atomic E-state index is -0.984. The summed E-state index contributed by atoms with van der Waals surface area (Å²) in [5.41, 5.74) is 0.838. The van der Waals surface area contributed by atoms with Gasteiger partial charge in [-0.25, -0.2) is 9.59 Å². The van der Waals surface area contributed by atoms with E-state index in [-0.39, 0.29) is 23.8 Å². The number of carbonyl (C=O) groups is 2. The minimum absolute atomic E-state index is 0.267. The molecule has 36 heavy (non-hydrogen) atoms. The molecule has 0 spiro atoms. The van der Waals surface area contributed by atoms with Crippen molar-refractivity contribution in [3.05, 3.63) is 58.1 Å². The minimum Gasteiger partial charge on any atom is -0.492 e. The van der Waals surface area contributed by atoms with Crippen LogP contribution in [0.1, 0.15) is 44.6 Å². The normalized spacial score (nSPS) is 14.8. The van der Waals surface area contributed by atoms with Crippen LogP contribution in [0.2, 0.25) is 10.0 Å². The number of ether oxygens (including phenoxy) is 3. The molecule has 1 unspecified atom stereocenters. The van der Waals surface area contributed by atoms with Crippen molar-refractivity contribution in [3.8, 4) is 11.5 Å². The summed E-state index contributed by atoms with van der Waals surface area (Å²) in [5, 5.41) is 10.0. The number of halogens is 2. The number of hydrogen-bond acceptors (Lipinski definition) is 5. The molecule has 7 nitrogen and oxygen atoms in total. The number of amides is 1. The van der Waals surface area contributed by atoms with Gasteiger partial charge in [-0.2, -0.15) is 0 Å². The number of nitrogens with zero attached hydrogens (tertiary/aromatic N) is 1. The number of rotatable bonds is 12. The first kappa shape index (κ1) is 28.1. The van der Waals surface area contributed by atoms with Gasteiger partial charge in [0.1, 0.15) is 12.4 Å². The van der Waals surface area contributed by atoms with Crippen molar-refractivity contribution in [2.24, 2.45) is 5.92 Å². The second-order valence-electron chi connectivity index (χ2n) is 8.87. The monoisotopic (exact) mass is 537 g/mol. The van der Waals surface area contributed by atoms with Crippen molar-refractivity contribution in [2.45, 2.75) is 51.6 Å². The lowest BCUT2D eigenvalue weighted by molar-refractivity contribution is -0.149. The van der Waals surface area contributed by atoms with Crippen molar-refractivity contribution in [3.63, 3.8) is 0 Å². The first-order valence-electron chi connectivity index (χ1n) is 12.3. The van der Waals surface area contributed by atoms with Crippen LogP contribution >= 0.6 is 23.2 Å². The van der Waals surface area contributed by atoms with E-state index in [1.165, 1.54) is 25.3 Å². The molecule has 9 heteroatoms. The Morgan fingerprint density at radius 1 is 1.08 bits per heavy atom. The molecule has 2 aromatic carbocycles. The zero-order chi connectivity index (χ0) is 25.9. The maximum atomic E-state index is 13.0. The maximum Gasteiger partial charge on any atom is 0.415 e. The highest BCUT2D eigenvalue weighted by Crippen LogP contribution is 2.29. The number of aliphatic carboxylic acids is 1. The molecule has 0 saturated heterocycles. The summed E-state index contributed by atoms with van der Waals surface area (Å²) in [5.74, 6) is 0.345. The molecule has 1 aliphatic carbocycles. The van der Waals surface area contributed by atoms with E-state index in [1.807, 2.05) is 12.1 Å². The van der Waals surface area contributed by atoms with Gasteiger partial charge in [0, 0.05) is 24.6 Å². The Kier molecular flexibility index (Phi) is 11.2. The molecular weight excluding hydrogens is 505 g/mol. The number of hydrogen-bond donors (Lipinski definition) is 1. The first-order valence-corrected chi connectivity index (χ1v) is 13.1. The second kappa shape index (κ2) is 14.3. The molecule has 0 radical (unpaired) electrons. The Balaban J connectivity index is 1.58. The summed E-state index contributed by atoms with van der Waals surface area (Å²) in [4.78, 5) is 26.0. The summed E-state index contributed by atoms with van der Waals surface area (Å²) in [6.07, 6.45) is 4.68. The van der Waals surface area contributed by atoms with E-state index in [1.54, 1.807) is 36.1 Å². The summed E-state index contributed by atoms with van der Waals surface area (Å²) < 4.78 is 16.7. The van der Waals surface area contributed by atoms with Crippen LogP contribution < -0.4 is 9.47 Å². The lowest BCUT2D eigenvalue weighted by atomic mass is 9.89. The predicted octanol–water partition coefficient (Wildman–Crippen LogP) is 6.49. The Morgan fingerprint density at radius 3 is 2.44 bits per heavy atom.